The predicted octanol–water partition coefficient (Wildman–Crippen LogP) is 1.47. The molecular formula is C16H23N3O3. The van der Waals surface area contributed by atoms with Gasteiger partial charge in [-0.15, -0.1) is 0 Å². The first-order valence-electron chi connectivity index (χ1n) is 7.83. The number of unbranched alkanes of at least 4 members (excludes halogenated alkanes) is 2. The van der Waals surface area contributed by atoms with Gasteiger partial charge in [0.05, 0.1) is 13.2 Å². The number of nitrogens with zero attached hydrogens (tertiary/aromatic N) is 2. The van der Waals surface area contributed by atoms with Crippen molar-refractivity contribution in [3.8, 4) is 0 Å². The summed E-state index contributed by atoms with van der Waals surface area (Å²) in [6.07, 6.45) is 4.66. The Labute approximate surface area is 130 Å². The van der Waals surface area contributed by atoms with Gasteiger partial charge in [0.1, 0.15) is 5.69 Å². The minimum Gasteiger partial charge on any atom is -0.378 e. The van der Waals surface area contributed by atoms with Crippen LogP contribution in [0.3, 0.4) is 0 Å². The number of ether oxygens (including phenoxy) is 1. The highest BCUT2D eigenvalue weighted by Crippen LogP contribution is 2.08. The third kappa shape index (κ3) is 4.53. The molecule has 0 radical (unpaired) electrons. The summed E-state index contributed by atoms with van der Waals surface area (Å²) in [5.74, 6) is -0.307. The first kappa shape index (κ1) is 16.4. The molecule has 2 heterocycles. The summed E-state index contributed by atoms with van der Waals surface area (Å²) in [7, 11) is 0. The van der Waals surface area contributed by atoms with Crippen molar-refractivity contribution in [1.82, 2.24) is 15.2 Å². The molecule has 0 aromatic carbocycles. The molecular weight excluding hydrogens is 282 g/mol. The number of morpholine rings is 1. The molecule has 0 aliphatic carbocycles. The number of aromatic nitrogens is 1. The van der Waals surface area contributed by atoms with Crippen LogP contribution in [0.15, 0.2) is 18.3 Å². The SMILES string of the molecule is CCCCCNC(=O)c1cc(C(=O)N2CCOCC2)ccn1. The van der Waals surface area contributed by atoms with Crippen LogP contribution in [0.2, 0.25) is 0 Å². The van der Waals surface area contributed by atoms with Crippen LogP contribution in [-0.4, -0.2) is 54.5 Å². The predicted molar refractivity (Wildman–Crippen MR) is 82.8 cm³/mol. The molecule has 0 unspecified atom stereocenters. The van der Waals surface area contributed by atoms with Gasteiger partial charge in [0, 0.05) is 31.4 Å². The van der Waals surface area contributed by atoms with Crippen LogP contribution in [-0.2, 0) is 4.74 Å². The van der Waals surface area contributed by atoms with E-state index in [1.807, 2.05) is 0 Å². The van der Waals surface area contributed by atoms with E-state index in [1.165, 1.54) is 6.20 Å². The minimum atomic E-state index is -0.229. The number of rotatable bonds is 6. The number of pyridine rings is 1. The van der Waals surface area contributed by atoms with Gasteiger partial charge in [-0.2, -0.15) is 0 Å². The average molecular weight is 305 g/mol. The molecule has 2 amide bonds. The molecule has 1 aromatic rings. The number of carbonyl (C=O) groups is 2. The number of carbonyl (C=O) groups excluding carboxylic acids is 2. The van der Waals surface area contributed by atoms with Gasteiger partial charge in [-0.3, -0.25) is 14.6 Å². The third-order valence-electron chi connectivity index (χ3n) is 3.60. The molecule has 1 N–H and O–H groups in total. The second kappa shape index (κ2) is 8.48. The molecule has 1 fully saturated rings. The lowest BCUT2D eigenvalue weighted by Gasteiger charge is -2.26. The zero-order valence-electron chi connectivity index (χ0n) is 13.0. The van der Waals surface area contributed by atoms with Crippen LogP contribution in [0.5, 0.6) is 0 Å². The molecule has 0 saturated carbocycles. The van der Waals surface area contributed by atoms with Crippen molar-refractivity contribution < 1.29 is 14.3 Å². The van der Waals surface area contributed by atoms with Crippen molar-refractivity contribution in [1.29, 1.82) is 0 Å². The summed E-state index contributed by atoms with van der Waals surface area (Å²) in [6, 6.07) is 3.21. The highest BCUT2D eigenvalue weighted by atomic mass is 16.5. The van der Waals surface area contributed by atoms with Crippen molar-refractivity contribution >= 4 is 11.8 Å². The van der Waals surface area contributed by atoms with E-state index in [1.54, 1.807) is 17.0 Å². The Kier molecular flexibility index (Phi) is 6.33. The maximum atomic E-state index is 12.4. The Morgan fingerprint density at radius 1 is 1.32 bits per heavy atom. The number of nitrogens with one attached hydrogen (secondary N) is 1. The minimum absolute atomic E-state index is 0.0780. The Hall–Kier alpha value is -1.95. The fraction of sp³-hybridized carbons (Fsp3) is 0.562. The second-order valence-electron chi connectivity index (χ2n) is 5.30. The molecule has 1 aliphatic rings. The summed E-state index contributed by atoms with van der Waals surface area (Å²) < 4.78 is 5.24. The molecule has 1 saturated heterocycles. The van der Waals surface area contributed by atoms with Gasteiger partial charge in [0.2, 0.25) is 0 Å². The standard InChI is InChI=1S/C16H23N3O3/c1-2-3-4-6-18-15(20)14-12-13(5-7-17-14)16(21)19-8-10-22-11-9-19/h5,7,12H,2-4,6,8-11H2,1H3,(H,18,20). The van der Waals surface area contributed by atoms with Crippen LogP contribution < -0.4 is 5.32 Å². The van der Waals surface area contributed by atoms with E-state index in [2.05, 4.69) is 17.2 Å². The molecule has 0 spiro atoms. The second-order valence-corrected chi connectivity index (χ2v) is 5.30. The van der Waals surface area contributed by atoms with Crippen LogP contribution in [0.4, 0.5) is 0 Å². The normalized spacial score (nSPS) is 14.7. The lowest BCUT2D eigenvalue weighted by atomic mass is 10.2. The Morgan fingerprint density at radius 2 is 2.09 bits per heavy atom. The van der Waals surface area contributed by atoms with Gasteiger partial charge in [-0.1, -0.05) is 19.8 Å². The van der Waals surface area contributed by atoms with Crippen LogP contribution in [0, 0.1) is 0 Å². The van der Waals surface area contributed by atoms with Crippen molar-refractivity contribution in [3.05, 3.63) is 29.6 Å². The number of hydrogen-bond donors (Lipinski definition) is 1. The van der Waals surface area contributed by atoms with Gasteiger partial charge >= 0.3 is 0 Å². The summed E-state index contributed by atoms with van der Waals surface area (Å²) >= 11 is 0. The molecule has 1 aliphatic heterocycles. The molecule has 120 valence electrons. The van der Waals surface area contributed by atoms with Gasteiger partial charge in [0.15, 0.2) is 0 Å². The van der Waals surface area contributed by atoms with Crippen molar-refractivity contribution in [2.24, 2.45) is 0 Å². The molecule has 2 rings (SSSR count). The topological polar surface area (TPSA) is 71.5 Å². The highest BCUT2D eigenvalue weighted by Gasteiger charge is 2.19. The summed E-state index contributed by atoms with van der Waals surface area (Å²) in [5.41, 5.74) is 0.784. The van der Waals surface area contributed by atoms with E-state index in [0.29, 0.717) is 38.4 Å². The van der Waals surface area contributed by atoms with Crippen LogP contribution >= 0.6 is 0 Å². The molecule has 0 bridgehead atoms. The maximum absolute atomic E-state index is 12.4. The zero-order chi connectivity index (χ0) is 15.8. The van der Waals surface area contributed by atoms with E-state index in [-0.39, 0.29) is 17.5 Å². The van der Waals surface area contributed by atoms with Crippen molar-refractivity contribution in [2.45, 2.75) is 26.2 Å². The van der Waals surface area contributed by atoms with Crippen LogP contribution in [0.1, 0.15) is 47.0 Å². The molecule has 22 heavy (non-hydrogen) atoms. The summed E-state index contributed by atoms with van der Waals surface area (Å²) in [6.45, 7) is 5.03. The van der Waals surface area contributed by atoms with E-state index >= 15 is 0 Å². The van der Waals surface area contributed by atoms with Gasteiger partial charge < -0.3 is 15.0 Å². The van der Waals surface area contributed by atoms with Gasteiger partial charge in [-0.05, 0) is 18.6 Å². The third-order valence-corrected chi connectivity index (χ3v) is 3.60. The number of amides is 2. The van der Waals surface area contributed by atoms with Gasteiger partial charge in [-0.25, -0.2) is 0 Å². The lowest BCUT2D eigenvalue weighted by Crippen LogP contribution is -2.40. The van der Waals surface area contributed by atoms with Gasteiger partial charge in [0.25, 0.3) is 11.8 Å². The lowest BCUT2D eigenvalue weighted by molar-refractivity contribution is 0.0303. The first-order valence-corrected chi connectivity index (χ1v) is 7.83. The number of hydrogen-bond acceptors (Lipinski definition) is 4. The molecule has 1 aromatic heterocycles. The summed E-state index contributed by atoms with van der Waals surface area (Å²) in [5, 5.41) is 2.83. The van der Waals surface area contributed by atoms with E-state index < -0.39 is 0 Å². The fourth-order valence-electron chi connectivity index (χ4n) is 2.30. The molecule has 0 atom stereocenters. The van der Waals surface area contributed by atoms with Crippen molar-refractivity contribution in [3.63, 3.8) is 0 Å². The van der Waals surface area contributed by atoms with E-state index in [4.69, 9.17) is 4.74 Å². The Morgan fingerprint density at radius 3 is 2.82 bits per heavy atom. The Bertz CT molecular complexity index is 513. The van der Waals surface area contributed by atoms with Crippen molar-refractivity contribution in [2.75, 3.05) is 32.8 Å². The molecule has 6 nitrogen and oxygen atoms in total. The molecule has 6 heteroatoms. The largest absolute Gasteiger partial charge is 0.378 e. The fourth-order valence-corrected chi connectivity index (χ4v) is 2.30. The zero-order valence-corrected chi connectivity index (χ0v) is 13.0. The quantitative estimate of drug-likeness (QED) is 0.808. The average Bonchev–Trinajstić information content (AvgIpc) is 2.59. The first-order chi connectivity index (χ1) is 10.7. The highest BCUT2D eigenvalue weighted by molar-refractivity contribution is 5.98. The van der Waals surface area contributed by atoms with Crippen LogP contribution in [0.25, 0.3) is 0 Å². The maximum Gasteiger partial charge on any atom is 0.269 e. The Balaban J connectivity index is 1.96. The van der Waals surface area contributed by atoms with E-state index in [0.717, 1.165) is 19.3 Å². The van der Waals surface area contributed by atoms with E-state index in [9.17, 15) is 9.59 Å². The summed E-state index contributed by atoms with van der Waals surface area (Å²) in [4.78, 5) is 30.2. The monoisotopic (exact) mass is 305 g/mol. The smallest absolute Gasteiger partial charge is 0.269 e.